The molecular formula is C17H34N2O2. The Balaban J connectivity index is 2.37. The van der Waals surface area contributed by atoms with E-state index in [9.17, 15) is 4.79 Å². The van der Waals surface area contributed by atoms with Crippen LogP contribution in [0.25, 0.3) is 0 Å². The minimum atomic E-state index is -0.173. The number of hydrogen-bond acceptors (Lipinski definition) is 4. The van der Waals surface area contributed by atoms with Gasteiger partial charge in [-0.05, 0) is 51.1 Å². The lowest BCUT2D eigenvalue weighted by atomic mass is 9.86. The lowest BCUT2D eigenvalue weighted by molar-refractivity contribution is -0.146. The third-order valence-electron chi connectivity index (χ3n) is 4.41. The second kappa shape index (κ2) is 9.42. The average molecular weight is 298 g/mol. The second-order valence-corrected chi connectivity index (χ2v) is 6.84. The monoisotopic (exact) mass is 298 g/mol. The van der Waals surface area contributed by atoms with Gasteiger partial charge in [-0.25, -0.2) is 0 Å². The quantitative estimate of drug-likeness (QED) is 0.700. The third kappa shape index (κ3) is 6.79. The lowest BCUT2D eigenvalue weighted by Gasteiger charge is -2.34. The number of hydrogen-bond donors (Lipinski definition) is 1. The molecular weight excluding hydrogens is 264 g/mol. The van der Waals surface area contributed by atoms with Crippen LogP contribution in [0, 0.1) is 11.8 Å². The van der Waals surface area contributed by atoms with Gasteiger partial charge in [-0.1, -0.05) is 27.7 Å². The number of carbonyl (C=O) groups is 1. The number of carbonyl (C=O) groups excluding carboxylic acids is 1. The van der Waals surface area contributed by atoms with Crippen LogP contribution in [-0.4, -0.2) is 49.2 Å². The van der Waals surface area contributed by atoms with Crippen molar-refractivity contribution in [2.45, 2.75) is 66.0 Å². The Morgan fingerprint density at radius 2 is 1.86 bits per heavy atom. The summed E-state index contributed by atoms with van der Waals surface area (Å²) in [6, 6.07) is 0.124. The van der Waals surface area contributed by atoms with E-state index in [1.807, 2.05) is 6.92 Å². The molecule has 4 heteroatoms. The number of rotatable bonds is 8. The van der Waals surface area contributed by atoms with E-state index in [-0.39, 0.29) is 12.0 Å². The van der Waals surface area contributed by atoms with Gasteiger partial charge < -0.3 is 15.0 Å². The number of likely N-dealkylation sites (tertiary alicyclic amines) is 1. The first kappa shape index (κ1) is 18.4. The van der Waals surface area contributed by atoms with Gasteiger partial charge in [0.25, 0.3) is 0 Å². The zero-order valence-electron chi connectivity index (χ0n) is 14.5. The summed E-state index contributed by atoms with van der Waals surface area (Å²) in [5.41, 5.74) is 0. The van der Waals surface area contributed by atoms with E-state index < -0.39 is 0 Å². The molecule has 0 aromatic rings. The number of nitrogens with zero attached hydrogens (tertiary/aromatic N) is 1. The minimum absolute atomic E-state index is 0.108. The van der Waals surface area contributed by atoms with E-state index in [0.717, 1.165) is 24.8 Å². The van der Waals surface area contributed by atoms with Crippen molar-refractivity contribution in [3.63, 3.8) is 0 Å². The highest BCUT2D eigenvalue weighted by Gasteiger charge is 2.24. The van der Waals surface area contributed by atoms with Gasteiger partial charge in [-0.3, -0.25) is 4.79 Å². The van der Waals surface area contributed by atoms with Crippen LogP contribution in [-0.2, 0) is 9.53 Å². The lowest BCUT2D eigenvalue weighted by Crippen LogP contribution is -2.45. The van der Waals surface area contributed by atoms with Crippen molar-refractivity contribution in [2.24, 2.45) is 11.8 Å². The standard InChI is InChI=1S/C17H34N2O2/c1-6-21-17(20)16(18-14(4)5)9-12-19-10-7-15(8-11-19)13(2)3/h13-16,18H,6-12H2,1-5H3. The maximum Gasteiger partial charge on any atom is 0.323 e. The molecule has 0 aromatic heterocycles. The van der Waals surface area contributed by atoms with Crippen molar-refractivity contribution in [1.82, 2.24) is 10.2 Å². The molecule has 4 nitrogen and oxygen atoms in total. The summed E-state index contributed by atoms with van der Waals surface area (Å²) in [6.07, 6.45) is 3.42. The van der Waals surface area contributed by atoms with E-state index in [2.05, 4.69) is 37.9 Å². The molecule has 1 rings (SSSR count). The summed E-state index contributed by atoms with van der Waals surface area (Å²) < 4.78 is 5.17. The molecule has 0 aromatic carbocycles. The highest BCUT2D eigenvalue weighted by Crippen LogP contribution is 2.24. The summed E-state index contributed by atoms with van der Waals surface area (Å²) in [4.78, 5) is 14.5. The van der Waals surface area contributed by atoms with Gasteiger partial charge in [0.1, 0.15) is 6.04 Å². The Morgan fingerprint density at radius 1 is 1.24 bits per heavy atom. The molecule has 1 heterocycles. The van der Waals surface area contributed by atoms with E-state index in [4.69, 9.17) is 4.74 Å². The van der Waals surface area contributed by atoms with Crippen LogP contribution < -0.4 is 5.32 Å². The smallest absolute Gasteiger partial charge is 0.323 e. The molecule has 0 bridgehead atoms. The Bertz CT molecular complexity index is 297. The van der Waals surface area contributed by atoms with Crippen LogP contribution in [0.1, 0.15) is 53.9 Å². The first-order valence-corrected chi connectivity index (χ1v) is 8.59. The van der Waals surface area contributed by atoms with Gasteiger partial charge in [0.15, 0.2) is 0 Å². The fourth-order valence-corrected chi connectivity index (χ4v) is 3.07. The number of nitrogens with one attached hydrogen (secondary N) is 1. The molecule has 1 N–H and O–H groups in total. The maximum atomic E-state index is 12.0. The first-order valence-electron chi connectivity index (χ1n) is 8.59. The van der Waals surface area contributed by atoms with Gasteiger partial charge >= 0.3 is 5.97 Å². The average Bonchev–Trinajstić information content (AvgIpc) is 2.43. The zero-order chi connectivity index (χ0) is 15.8. The van der Waals surface area contributed by atoms with Crippen molar-refractivity contribution in [1.29, 1.82) is 0 Å². The van der Waals surface area contributed by atoms with Crippen LogP contribution in [0.3, 0.4) is 0 Å². The fraction of sp³-hybridized carbons (Fsp3) is 0.941. The van der Waals surface area contributed by atoms with E-state index in [1.165, 1.54) is 25.9 Å². The van der Waals surface area contributed by atoms with E-state index in [0.29, 0.717) is 12.6 Å². The molecule has 0 spiro atoms. The predicted molar refractivity (Wildman–Crippen MR) is 87.3 cm³/mol. The maximum absolute atomic E-state index is 12.0. The molecule has 1 fully saturated rings. The summed E-state index contributed by atoms with van der Waals surface area (Å²) in [5, 5.41) is 3.33. The van der Waals surface area contributed by atoms with Crippen LogP contribution in [0.2, 0.25) is 0 Å². The summed E-state index contributed by atoms with van der Waals surface area (Å²) in [6.45, 7) is 14.4. The Hall–Kier alpha value is -0.610. The Kier molecular flexibility index (Phi) is 8.27. The van der Waals surface area contributed by atoms with E-state index in [1.54, 1.807) is 0 Å². The first-order chi connectivity index (χ1) is 9.93. The fourth-order valence-electron chi connectivity index (χ4n) is 3.07. The van der Waals surface area contributed by atoms with Crippen LogP contribution in [0.4, 0.5) is 0 Å². The number of ether oxygens (including phenoxy) is 1. The van der Waals surface area contributed by atoms with Crippen LogP contribution >= 0.6 is 0 Å². The van der Waals surface area contributed by atoms with Crippen molar-refractivity contribution < 1.29 is 9.53 Å². The van der Waals surface area contributed by atoms with Crippen molar-refractivity contribution in [3.05, 3.63) is 0 Å². The number of esters is 1. The minimum Gasteiger partial charge on any atom is -0.465 e. The van der Waals surface area contributed by atoms with Gasteiger partial charge in [0.05, 0.1) is 6.61 Å². The van der Waals surface area contributed by atoms with Gasteiger partial charge in [-0.15, -0.1) is 0 Å². The molecule has 0 saturated carbocycles. The molecule has 1 aliphatic rings. The molecule has 1 unspecified atom stereocenters. The van der Waals surface area contributed by atoms with Crippen molar-refractivity contribution in [2.75, 3.05) is 26.2 Å². The summed E-state index contributed by atoms with van der Waals surface area (Å²) in [7, 11) is 0. The SMILES string of the molecule is CCOC(=O)C(CCN1CCC(C(C)C)CC1)NC(C)C. The molecule has 1 aliphatic heterocycles. The normalized spacial score (nSPS) is 19.2. The molecule has 1 saturated heterocycles. The van der Waals surface area contributed by atoms with Gasteiger partial charge in [0, 0.05) is 12.6 Å². The van der Waals surface area contributed by atoms with Crippen LogP contribution in [0.15, 0.2) is 0 Å². The number of piperidine rings is 1. The van der Waals surface area contributed by atoms with Crippen molar-refractivity contribution in [3.8, 4) is 0 Å². The molecule has 124 valence electrons. The summed E-state index contributed by atoms with van der Waals surface area (Å²) in [5.74, 6) is 1.56. The van der Waals surface area contributed by atoms with Crippen LogP contribution in [0.5, 0.6) is 0 Å². The highest BCUT2D eigenvalue weighted by molar-refractivity contribution is 5.75. The van der Waals surface area contributed by atoms with E-state index >= 15 is 0 Å². The molecule has 0 amide bonds. The second-order valence-electron chi connectivity index (χ2n) is 6.84. The van der Waals surface area contributed by atoms with Crippen molar-refractivity contribution >= 4 is 5.97 Å². The molecule has 0 aliphatic carbocycles. The molecule has 21 heavy (non-hydrogen) atoms. The summed E-state index contributed by atoms with van der Waals surface area (Å²) >= 11 is 0. The Morgan fingerprint density at radius 3 is 2.33 bits per heavy atom. The predicted octanol–water partition coefficient (Wildman–Crippen LogP) is 2.67. The third-order valence-corrected chi connectivity index (χ3v) is 4.41. The largest absolute Gasteiger partial charge is 0.465 e. The molecule has 0 radical (unpaired) electrons. The van der Waals surface area contributed by atoms with Gasteiger partial charge in [0.2, 0.25) is 0 Å². The topological polar surface area (TPSA) is 41.6 Å². The highest BCUT2D eigenvalue weighted by atomic mass is 16.5. The Labute approximate surface area is 130 Å². The van der Waals surface area contributed by atoms with Gasteiger partial charge in [-0.2, -0.15) is 0 Å². The molecule has 1 atom stereocenters. The zero-order valence-corrected chi connectivity index (χ0v) is 14.5.